The fourth-order valence-electron chi connectivity index (χ4n) is 2.60. The maximum Gasteiger partial charge on any atom is 0.137 e. The van der Waals surface area contributed by atoms with Crippen LogP contribution in [0.25, 0.3) is 0 Å². The third-order valence-corrected chi connectivity index (χ3v) is 4.82. The average Bonchev–Trinajstić information content (AvgIpc) is 2.44. The summed E-state index contributed by atoms with van der Waals surface area (Å²) < 4.78 is 13.9. The van der Waals surface area contributed by atoms with Gasteiger partial charge < -0.3 is 10.2 Å². The standard InChI is InChI=1S/C15H22BrFN2/c1-2-19-8-6-12(7-9-19)10-18-11-13-4-3-5-14(17)15(13)16/h3-5,12,18H,2,6-11H2,1H3. The molecule has 1 aliphatic rings. The van der Waals surface area contributed by atoms with Crippen molar-refractivity contribution in [3.8, 4) is 0 Å². The predicted molar refractivity (Wildman–Crippen MR) is 80.6 cm³/mol. The van der Waals surface area contributed by atoms with Gasteiger partial charge >= 0.3 is 0 Å². The number of hydrogen-bond acceptors (Lipinski definition) is 2. The summed E-state index contributed by atoms with van der Waals surface area (Å²) in [4.78, 5) is 2.50. The van der Waals surface area contributed by atoms with Crippen LogP contribution < -0.4 is 5.32 Å². The number of nitrogens with zero attached hydrogens (tertiary/aromatic N) is 1. The van der Waals surface area contributed by atoms with Gasteiger partial charge in [-0.1, -0.05) is 19.1 Å². The number of halogens is 2. The molecular weight excluding hydrogens is 307 g/mol. The molecule has 106 valence electrons. The molecule has 1 saturated heterocycles. The summed E-state index contributed by atoms with van der Waals surface area (Å²) in [5.41, 5.74) is 0.992. The average molecular weight is 329 g/mol. The molecule has 0 radical (unpaired) electrons. The van der Waals surface area contributed by atoms with E-state index in [2.05, 4.69) is 33.1 Å². The second-order valence-corrected chi connectivity index (χ2v) is 6.01. The first-order valence-corrected chi connectivity index (χ1v) is 7.86. The highest BCUT2D eigenvalue weighted by Crippen LogP contribution is 2.21. The lowest BCUT2D eigenvalue weighted by atomic mass is 9.97. The van der Waals surface area contributed by atoms with Gasteiger partial charge in [-0.25, -0.2) is 4.39 Å². The fraction of sp³-hybridized carbons (Fsp3) is 0.600. The van der Waals surface area contributed by atoms with E-state index in [-0.39, 0.29) is 5.82 Å². The van der Waals surface area contributed by atoms with E-state index in [1.165, 1.54) is 32.0 Å². The van der Waals surface area contributed by atoms with Gasteiger partial charge in [-0.05, 0) is 72.5 Å². The normalized spacial score (nSPS) is 17.8. The lowest BCUT2D eigenvalue weighted by Crippen LogP contribution is -2.37. The second-order valence-electron chi connectivity index (χ2n) is 5.22. The van der Waals surface area contributed by atoms with Crippen LogP contribution in [0.3, 0.4) is 0 Å². The maximum absolute atomic E-state index is 13.4. The molecule has 2 nitrogen and oxygen atoms in total. The number of hydrogen-bond donors (Lipinski definition) is 1. The summed E-state index contributed by atoms with van der Waals surface area (Å²) in [5.74, 6) is 0.575. The molecule has 1 aromatic rings. The Morgan fingerprint density at radius 1 is 1.37 bits per heavy atom. The number of likely N-dealkylation sites (tertiary alicyclic amines) is 1. The van der Waals surface area contributed by atoms with Crippen LogP contribution in [0.5, 0.6) is 0 Å². The van der Waals surface area contributed by atoms with E-state index in [4.69, 9.17) is 0 Å². The third kappa shape index (κ3) is 4.26. The molecule has 0 unspecified atom stereocenters. The highest BCUT2D eigenvalue weighted by atomic mass is 79.9. The van der Waals surface area contributed by atoms with Gasteiger partial charge in [0.1, 0.15) is 5.82 Å². The van der Waals surface area contributed by atoms with Gasteiger partial charge in [-0.2, -0.15) is 0 Å². The SMILES string of the molecule is CCN1CCC(CNCc2cccc(F)c2Br)CC1. The van der Waals surface area contributed by atoms with Crippen LogP contribution in [-0.2, 0) is 6.54 Å². The van der Waals surface area contributed by atoms with Crippen molar-refractivity contribution in [2.75, 3.05) is 26.2 Å². The molecule has 1 N–H and O–H groups in total. The Kier molecular flexibility index (Phi) is 5.79. The number of piperidine rings is 1. The third-order valence-electron chi connectivity index (χ3n) is 3.93. The van der Waals surface area contributed by atoms with Crippen molar-refractivity contribution in [2.45, 2.75) is 26.3 Å². The lowest BCUT2D eigenvalue weighted by Gasteiger charge is -2.31. The maximum atomic E-state index is 13.4. The summed E-state index contributed by atoms with van der Waals surface area (Å²) in [6.45, 7) is 7.57. The van der Waals surface area contributed by atoms with E-state index in [1.54, 1.807) is 6.07 Å². The van der Waals surface area contributed by atoms with Crippen LogP contribution in [0.15, 0.2) is 22.7 Å². The minimum Gasteiger partial charge on any atom is -0.312 e. The summed E-state index contributed by atoms with van der Waals surface area (Å²) in [6.07, 6.45) is 2.54. The molecule has 0 bridgehead atoms. The van der Waals surface area contributed by atoms with Crippen LogP contribution in [0, 0.1) is 11.7 Å². The molecule has 4 heteroatoms. The molecule has 2 rings (SSSR count). The monoisotopic (exact) mass is 328 g/mol. The molecule has 0 saturated carbocycles. The molecule has 0 aromatic heterocycles. The molecule has 0 atom stereocenters. The Balaban J connectivity index is 1.74. The quantitative estimate of drug-likeness (QED) is 0.891. The molecule has 1 fully saturated rings. The molecule has 0 amide bonds. The molecule has 1 aromatic carbocycles. The van der Waals surface area contributed by atoms with E-state index >= 15 is 0 Å². The Bertz CT molecular complexity index is 403. The van der Waals surface area contributed by atoms with Gasteiger partial charge in [0.2, 0.25) is 0 Å². The van der Waals surface area contributed by atoms with Gasteiger partial charge in [-0.15, -0.1) is 0 Å². The zero-order chi connectivity index (χ0) is 13.7. The second kappa shape index (κ2) is 7.36. The van der Waals surface area contributed by atoms with E-state index < -0.39 is 0 Å². The van der Waals surface area contributed by atoms with Crippen molar-refractivity contribution in [3.63, 3.8) is 0 Å². The van der Waals surface area contributed by atoms with Gasteiger partial charge in [0.15, 0.2) is 0 Å². The van der Waals surface area contributed by atoms with Crippen molar-refractivity contribution >= 4 is 15.9 Å². The highest BCUT2D eigenvalue weighted by Gasteiger charge is 2.17. The van der Waals surface area contributed by atoms with Gasteiger partial charge in [-0.3, -0.25) is 0 Å². The topological polar surface area (TPSA) is 15.3 Å². The van der Waals surface area contributed by atoms with Gasteiger partial charge in [0, 0.05) is 6.54 Å². The minimum absolute atomic E-state index is 0.185. The van der Waals surface area contributed by atoms with Gasteiger partial charge in [0.25, 0.3) is 0 Å². The minimum atomic E-state index is -0.185. The Morgan fingerprint density at radius 2 is 2.11 bits per heavy atom. The first-order chi connectivity index (χ1) is 9.20. The van der Waals surface area contributed by atoms with Crippen molar-refractivity contribution in [2.24, 2.45) is 5.92 Å². The van der Waals surface area contributed by atoms with Crippen LogP contribution in [0.1, 0.15) is 25.3 Å². The number of rotatable bonds is 5. The highest BCUT2D eigenvalue weighted by molar-refractivity contribution is 9.10. The van der Waals surface area contributed by atoms with Crippen molar-refractivity contribution < 1.29 is 4.39 Å². The summed E-state index contributed by atoms with van der Waals surface area (Å²) in [6, 6.07) is 5.20. The fourth-order valence-corrected chi connectivity index (χ4v) is 3.01. The molecule has 0 spiro atoms. The van der Waals surface area contributed by atoms with E-state index in [1.807, 2.05) is 6.07 Å². The summed E-state index contributed by atoms with van der Waals surface area (Å²) in [7, 11) is 0. The summed E-state index contributed by atoms with van der Waals surface area (Å²) >= 11 is 3.30. The molecule has 0 aliphatic carbocycles. The molecular formula is C15H22BrFN2. The molecule has 1 aliphatic heterocycles. The van der Waals surface area contributed by atoms with E-state index in [0.717, 1.165) is 31.1 Å². The van der Waals surface area contributed by atoms with Crippen LogP contribution >= 0.6 is 15.9 Å². The zero-order valence-corrected chi connectivity index (χ0v) is 13.0. The lowest BCUT2D eigenvalue weighted by molar-refractivity contribution is 0.190. The predicted octanol–water partition coefficient (Wildman–Crippen LogP) is 3.41. The Labute approximate surface area is 123 Å². The van der Waals surface area contributed by atoms with Crippen molar-refractivity contribution in [1.29, 1.82) is 0 Å². The van der Waals surface area contributed by atoms with Gasteiger partial charge in [0.05, 0.1) is 4.47 Å². The Morgan fingerprint density at radius 3 is 2.79 bits per heavy atom. The first-order valence-electron chi connectivity index (χ1n) is 7.06. The van der Waals surface area contributed by atoms with Crippen LogP contribution in [-0.4, -0.2) is 31.1 Å². The number of nitrogens with one attached hydrogen (secondary N) is 1. The largest absolute Gasteiger partial charge is 0.312 e. The molecule has 19 heavy (non-hydrogen) atoms. The van der Waals surface area contributed by atoms with Crippen LogP contribution in [0.4, 0.5) is 4.39 Å². The zero-order valence-electron chi connectivity index (χ0n) is 11.5. The van der Waals surface area contributed by atoms with Crippen molar-refractivity contribution in [3.05, 3.63) is 34.1 Å². The molecule has 1 heterocycles. The van der Waals surface area contributed by atoms with E-state index in [9.17, 15) is 4.39 Å². The summed E-state index contributed by atoms with van der Waals surface area (Å²) in [5, 5.41) is 3.46. The van der Waals surface area contributed by atoms with E-state index in [0.29, 0.717) is 4.47 Å². The van der Waals surface area contributed by atoms with Crippen LogP contribution in [0.2, 0.25) is 0 Å². The van der Waals surface area contributed by atoms with Crippen molar-refractivity contribution in [1.82, 2.24) is 10.2 Å². The first kappa shape index (κ1) is 14.9. The number of benzene rings is 1. The Hall–Kier alpha value is -0.450. The smallest absolute Gasteiger partial charge is 0.137 e.